The Balaban J connectivity index is 1.58. The van der Waals surface area contributed by atoms with Crippen LogP contribution in [0.15, 0.2) is 0 Å². The van der Waals surface area contributed by atoms with Crippen molar-refractivity contribution in [2.24, 2.45) is 11.3 Å². The van der Waals surface area contributed by atoms with E-state index in [0.717, 1.165) is 32.0 Å². The Labute approximate surface area is 92.3 Å². The van der Waals surface area contributed by atoms with Crippen LogP contribution in [0.25, 0.3) is 0 Å². The van der Waals surface area contributed by atoms with E-state index in [1.165, 1.54) is 32.1 Å². The highest BCUT2D eigenvalue weighted by Crippen LogP contribution is 2.51. The van der Waals surface area contributed by atoms with Gasteiger partial charge in [-0.1, -0.05) is 19.8 Å². The molecule has 0 aromatic rings. The average molecular weight is 210 g/mol. The Morgan fingerprint density at radius 3 is 2.13 bits per heavy atom. The molecule has 1 heterocycles. The van der Waals surface area contributed by atoms with Crippen molar-refractivity contribution < 1.29 is 9.47 Å². The Hall–Kier alpha value is -0.0800. The maximum absolute atomic E-state index is 5.77. The van der Waals surface area contributed by atoms with Crippen LogP contribution >= 0.6 is 0 Å². The number of hydrogen-bond donors (Lipinski definition) is 0. The second kappa shape index (κ2) is 3.46. The van der Waals surface area contributed by atoms with Gasteiger partial charge in [-0.3, -0.25) is 0 Å². The van der Waals surface area contributed by atoms with E-state index in [1.807, 2.05) is 0 Å². The van der Waals surface area contributed by atoms with E-state index in [9.17, 15) is 0 Å². The van der Waals surface area contributed by atoms with Crippen molar-refractivity contribution in [3.63, 3.8) is 0 Å². The predicted octanol–water partition coefficient (Wildman–Crippen LogP) is 3.11. The molecule has 0 N–H and O–H groups in total. The molecule has 3 aliphatic rings. The third kappa shape index (κ3) is 2.07. The van der Waals surface area contributed by atoms with Crippen molar-refractivity contribution in [1.29, 1.82) is 0 Å². The molecule has 0 aromatic heterocycles. The molecule has 1 aliphatic heterocycles. The first kappa shape index (κ1) is 10.1. The fourth-order valence-corrected chi connectivity index (χ4v) is 3.24. The molecule has 15 heavy (non-hydrogen) atoms. The predicted molar refractivity (Wildman–Crippen MR) is 58.6 cm³/mol. The third-order valence-corrected chi connectivity index (χ3v) is 4.51. The Bertz CT molecular complexity index is 229. The van der Waals surface area contributed by atoms with E-state index >= 15 is 0 Å². The van der Waals surface area contributed by atoms with E-state index < -0.39 is 0 Å². The van der Waals surface area contributed by atoms with E-state index in [2.05, 4.69) is 6.92 Å². The lowest BCUT2D eigenvalue weighted by Gasteiger charge is -2.41. The van der Waals surface area contributed by atoms with Crippen LogP contribution in [0.2, 0.25) is 0 Å². The van der Waals surface area contributed by atoms with Crippen LogP contribution in [0, 0.1) is 11.3 Å². The van der Waals surface area contributed by atoms with Gasteiger partial charge in [0.25, 0.3) is 0 Å². The lowest BCUT2D eigenvalue weighted by atomic mass is 9.70. The SMILES string of the molecule is CC1(CC2CC2)CCC2(CC1)OCCO2. The van der Waals surface area contributed by atoms with Gasteiger partial charge in [-0.2, -0.15) is 0 Å². The first-order valence-corrected chi connectivity index (χ1v) is 6.48. The molecule has 0 bridgehead atoms. The molecule has 2 nitrogen and oxygen atoms in total. The number of rotatable bonds is 2. The fourth-order valence-electron chi connectivity index (χ4n) is 3.24. The van der Waals surface area contributed by atoms with Gasteiger partial charge in [0.05, 0.1) is 13.2 Å². The molecule has 2 saturated carbocycles. The molecular formula is C13H22O2. The minimum Gasteiger partial charge on any atom is -0.348 e. The molecule has 2 heteroatoms. The largest absolute Gasteiger partial charge is 0.348 e. The molecule has 2 aliphatic carbocycles. The lowest BCUT2D eigenvalue weighted by molar-refractivity contribution is -0.191. The van der Waals surface area contributed by atoms with E-state index in [1.54, 1.807) is 0 Å². The highest BCUT2D eigenvalue weighted by molar-refractivity contribution is 4.92. The Morgan fingerprint density at radius 1 is 1.00 bits per heavy atom. The highest BCUT2D eigenvalue weighted by Gasteiger charge is 2.45. The van der Waals surface area contributed by atoms with Gasteiger partial charge in [0.1, 0.15) is 0 Å². The average Bonchev–Trinajstić information content (AvgIpc) is 2.91. The summed E-state index contributed by atoms with van der Waals surface area (Å²) in [6.45, 7) is 4.08. The first-order valence-electron chi connectivity index (χ1n) is 6.48. The van der Waals surface area contributed by atoms with Crippen molar-refractivity contribution in [3.8, 4) is 0 Å². The van der Waals surface area contributed by atoms with Gasteiger partial charge in [-0.05, 0) is 30.6 Å². The van der Waals surface area contributed by atoms with Gasteiger partial charge >= 0.3 is 0 Å². The van der Waals surface area contributed by atoms with Gasteiger partial charge in [0, 0.05) is 12.8 Å². The Kier molecular flexibility index (Phi) is 2.33. The topological polar surface area (TPSA) is 18.5 Å². The third-order valence-electron chi connectivity index (χ3n) is 4.51. The molecule has 3 fully saturated rings. The molecule has 3 rings (SSSR count). The maximum Gasteiger partial charge on any atom is 0.168 e. The van der Waals surface area contributed by atoms with Gasteiger partial charge < -0.3 is 9.47 Å². The van der Waals surface area contributed by atoms with Gasteiger partial charge in [-0.15, -0.1) is 0 Å². The summed E-state index contributed by atoms with van der Waals surface area (Å²) in [7, 11) is 0. The van der Waals surface area contributed by atoms with E-state index in [-0.39, 0.29) is 5.79 Å². The van der Waals surface area contributed by atoms with E-state index in [4.69, 9.17) is 9.47 Å². The van der Waals surface area contributed by atoms with Crippen molar-refractivity contribution in [3.05, 3.63) is 0 Å². The minimum atomic E-state index is -0.164. The van der Waals surface area contributed by atoms with Crippen molar-refractivity contribution in [1.82, 2.24) is 0 Å². The molecule has 0 unspecified atom stereocenters. The van der Waals surface area contributed by atoms with Crippen LogP contribution in [-0.4, -0.2) is 19.0 Å². The molecule has 1 saturated heterocycles. The first-order chi connectivity index (χ1) is 7.20. The summed E-state index contributed by atoms with van der Waals surface area (Å²) in [5.41, 5.74) is 0.585. The zero-order valence-corrected chi connectivity index (χ0v) is 9.76. The quantitative estimate of drug-likeness (QED) is 0.697. The van der Waals surface area contributed by atoms with Gasteiger partial charge in [0.2, 0.25) is 0 Å². The van der Waals surface area contributed by atoms with E-state index in [0.29, 0.717) is 5.41 Å². The molecule has 1 spiro atoms. The standard InChI is InChI=1S/C13H22O2/c1-12(10-11-2-3-11)4-6-13(7-5-12)14-8-9-15-13/h11H,2-10H2,1H3. The van der Waals surface area contributed by atoms with Crippen LogP contribution in [0.5, 0.6) is 0 Å². The maximum atomic E-state index is 5.77. The minimum absolute atomic E-state index is 0.164. The summed E-state index contributed by atoms with van der Waals surface area (Å²) in [6.07, 6.45) is 9.24. The summed E-state index contributed by atoms with van der Waals surface area (Å²) in [4.78, 5) is 0. The van der Waals surface area contributed by atoms with Gasteiger partial charge in [0.15, 0.2) is 5.79 Å². The summed E-state index contributed by atoms with van der Waals surface area (Å²) >= 11 is 0. The molecule has 0 amide bonds. The second-order valence-electron chi connectivity index (χ2n) is 6.07. The van der Waals surface area contributed by atoms with Crippen LogP contribution < -0.4 is 0 Å². The van der Waals surface area contributed by atoms with Crippen LogP contribution in [-0.2, 0) is 9.47 Å². The number of ether oxygens (including phenoxy) is 2. The van der Waals surface area contributed by atoms with Crippen molar-refractivity contribution in [2.75, 3.05) is 13.2 Å². The molecule has 0 atom stereocenters. The summed E-state index contributed by atoms with van der Waals surface area (Å²) in [5, 5.41) is 0. The smallest absolute Gasteiger partial charge is 0.168 e. The lowest BCUT2D eigenvalue weighted by Crippen LogP contribution is -2.39. The van der Waals surface area contributed by atoms with Crippen LogP contribution in [0.4, 0.5) is 0 Å². The van der Waals surface area contributed by atoms with Crippen LogP contribution in [0.3, 0.4) is 0 Å². The zero-order valence-electron chi connectivity index (χ0n) is 9.76. The van der Waals surface area contributed by atoms with Crippen LogP contribution in [0.1, 0.15) is 51.9 Å². The second-order valence-corrected chi connectivity index (χ2v) is 6.07. The summed E-state index contributed by atoms with van der Waals surface area (Å²) in [5.74, 6) is 0.887. The van der Waals surface area contributed by atoms with Gasteiger partial charge in [-0.25, -0.2) is 0 Å². The molecular weight excluding hydrogens is 188 g/mol. The molecule has 0 radical (unpaired) electrons. The Morgan fingerprint density at radius 2 is 1.60 bits per heavy atom. The summed E-state index contributed by atoms with van der Waals surface area (Å²) < 4.78 is 11.5. The number of hydrogen-bond acceptors (Lipinski definition) is 2. The normalized spacial score (nSPS) is 33.4. The molecule has 86 valence electrons. The van der Waals surface area contributed by atoms with Crippen molar-refractivity contribution in [2.45, 2.75) is 57.7 Å². The fraction of sp³-hybridized carbons (Fsp3) is 1.00. The zero-order chi connectivity index (χ0) is 10.4. The summed E-state index contributed by atoms with van der Waals surface area (Å²) in [6, 6.07) is 0. The molecule has 0 aromatic carbocycles. The highest BCUT2D eigenvalue weighted by atomic mass is 16.7. The monoisotopic (exact) mass is 210 g/mol. The van der Waals surface area contributed by atoms with Crippen molar-refractivity contribution >= 4 is 0 Å².